The summed E-state index contributed by atoms with van der Waals surface area (Å²) in [6.07, 6.45) is 3.40. The van der Waals surface area contributed by atoms with E-state index in [1.807, 2.05) is 60.7 Å². The van der Waals surface area contributed by atoms with Crippen molar-refractivity contribution in [3.05, 3.63) is 95.9 Å². The van der Waals surface area contributed by atoms with Gasteiger partial charge in [0.15, 0.2) is 0 Å². The number of hydrogen-bond donors (Lipinski definition) is 3. The van der Waals surface area contributed by atoms with Gasteiger partial charge in [0.1, 0.15) is 11.4 Å². The van der Waals surface area contributed by atoms with Crippen molar-refractivity contribution in [2.75, 3.05) is 6.54 Å². The summed E-state index contributed by atoms with van der Waals surface area (Å²) in [5.74, 6) is 0.607. The van der Waals surface area contributed by atoms with E-state index in [4.69, 9.17) is 4.42 Å². The largest absolute Gasteiger partial charge is 0.466 e. The van der Waals surface area contributed by atoms with Gasteiger partial charge < -0.3 is 20.2 Å². The Kier molecular flexibility index (Phi) is 5.17. The number of carbonyl (C=O) groups is 1. The van der Waals surface area contributed by atoms with Gasteiger partial charge in [-0.05, 0) is 42.0 Å². The van der Waals surface area contributed by atoms with E-state index in [1.165, 1.54) is 0 Å². The summed E-state index contributed by atoms with van der Waals surface area (Å²) in [6.45, 7) is 0.104. The molecule has 2 amide bonds. The average Bonchev–Trinajstić information content (AvgIpc) is 3.46. The van der Waals surface area contributed by atoms with Crippen molar-refractivity contribution in [1.82, 2.24) is 10.6 Å². The summed E-state index contributed by atoms with van der Waals surface area (Å²) >= 11 is 0. The number of rotatable bonds is 7. The number of amides is 2. The Balaban J connectivity index is 1.48. The monoisotopic (exact) mass is 376 g/mol. The van der Waals surface area contributed by atoms with Gasteiger partial charge in [0, 0.05) is 0 Å². The molecule has 1 fully saturated rings. The summed E-state index contributed by atoms with van der Waals surface area (Å²) in [7, 11) is 0. The van der Waals surface area contributed by atoms with E-state index in [0.717, 1.165) is 24.0 Å². The Morgan fingerprint density at radius 1 is 1.00 bits per heavy atom. The van der Waals surface area contributed by atoms with Gasteiger partial charge in [0.25, 0.3) is 0 Å². The molecule has 3 aromatic rings. The van der Waals surface area contributed by atoms with Gasteiger partial charge in [-0.25, -0.2) is 4.79 Å². The van der Waals surface area contributed by atoms with Gasteiger partial charge in [0.2, 0.25) is 0 Å². The summed E-state index contributed by atoms with van der Waals surface area (Å²) in [5.41, 5.74) is 0.815. The smallest absolute Gasteiger partial charge is 0.315 e. The first-order valence-electron chi connectivity index (χ1n) is 9.57. The summed E-state index contributed by atoms with van der Waals surface area (Å²) in [4.78, 5) is 12.7. The molecule has 1 aliphatic rings. The molecule has 4 rings (SSSR count). The SMILES string of the molecule is O=C(NC[C@](O)(c1ccco1)C1CC1)NC(c1ccccc1)c1ccccc1. The van der Waals surface area contributed by atoms with Crippen LogP contribution in [0.15, 0.2) is 83.5 Å². The van der Waals surface area contributed by atoms with E-state index in [9.17, 15) is 9.90 Å². The molecule has 2 aromatic carbocycles. The lowest BCUT2D eigenvalue weighted by molar-refractivity contribution is -0.00452. The molecule has 0 saturated heterocycles. The Bertz CT molecular complexity index is 853. The van der Waals surface area contributed by atoms with Crippen LogP contribution in [0, 0.1) is 5.92 Å². The molecule has 1 heterocycles. The summed E-state index contributed by atoms with van der Waals surface area (Å²) in [6, 6.07) is 22.6. The van der Waals surface area contributed by atoms with Crippen molar-refractivity contribution in [2.45, 2.75) is 24.5 Å². The zero-order valence-electron chi connectivity index (χ0n) is 15.5. The van der Waals surface area contributed by atoms with Crippen LogP contribution in [-0.4, -0.2) is 17.7 Å². The van der Waals surface area contributed by atoms with Crippen LogP contribution in [0.25, 0.3) is 0 Å². The number of nitrogens with one attached hydrogen (secondary N) is 2. The minimum Gasteiger partial charge on any atom is -0.466 e. The van der Waals surface area contributed by atoms with Crippen LogP contribution in [0.4, 0.5) is 4.79 Å². The van der Waals surface area contributed by atoms with Crippen LogP contribution in [0.2, 0.25) is 0 Å². The standard InChI is InChI=1S/C23H24N2O3/c26-22(24-16-23(27,19-13-14-19)20-12-7-15-28-20)25-21(17-8-3-1-4-9-17)18-10-5-2-6-11-18/h1-12,15,19,21,27H,13-14,16H2,(H2,24,25,26)/t23-/m1/s1. The molecule has 28 heavy (non-hydrogen) atoms. The first-order valence-corrected chi connectivity index (χ1v) is 9.57. The third kappa shape index (κ3) is 3.94. The predicted octanol–water partition coefficient (Wildman–Crippen LogP) is 3.97. The maximum Gasteiger partial charge on any atom is 0.315 e. The van der Waals surface area contributed by atoms with Crippen molar-refractivity contribution in [3.8, 4) is 0 Å². The second-order valence-corrected chi connectivity index (χ2v) is 7.26. The Morgan fingerprint density at radius 2 is 1.61 bits per heavy atom. The minimum absolute atomic E-state index is 0.104. The highest BCUT2D eigenvalue weighted by Gasteiger charge is 2.47. The molecular formula is C23H24N2O3. The van der Waals surface area contributed by atoms with Crippen molar-refractivity contribution in [3.63, 3.8) is 0 Å². The maximum absolute atomic E-state index is 12.7. The third-order valence-corrected chi connectivity index (χ3v) is 5.26. The van der Waals surface area contributed by atoms with E-state index in [2.05, 4.69) is 10.6 Å². The number of urea groups is 1. The van der Waals surface area contributed by atoms with Crippen molar-refractivity contribution >= 4 is 6.03 Å². The summed E-state index contributed by atoms with van der Waals surface area (Å²) in [5, 5.41) is 17.0. The highest BCUT2D eigenvalue weighted by molar-refractivity contribution is 5.75. The fraction of sp³-hybridized carbons (Fsp3) is 0.261. The van der Waals surface area contributed by atoms with Gasteiger partial charge in [-0.15, -0.1) is 0 Å². The molecular weight excluding hydrogens is 352 g/mol. The molecule has 0 bridgehead atoms. The zero-order chi connectivity index (χ0) is 19.4. The van der Waals surface area contributed by atoms with Crippen LogP contribution >= 0.6 is 0 Å². The normalized spacial score (nSPS) is 15.8. The molecule has 144 valence electrons. The minimum atomic E-state index is -1.17. The number of benzene rings is 2. The van der Waals surface area contributed by atoms with Crippen LogP contribution in [0.5, 0.6) is 0 Å². The lowest BCUT2D eigenvalue weighted by Gasteiger charge is -2.27. The van der Waals surface area contributed by atoms with Gasteiger partial charge in [0.05, 0.1) is 18.8 Å². The molecule has 1 atom stereocenters. The van der Waals surface area contributed by atoms with E-state index in [1.54, 1.807) is 18.4 Å². The maximum atomic E-state index is 12.7. The highest BCUT2D eigenvalue weighted by Crippen LogP contribution is 2.45. The van der Waals surface area contributed by atoms with Crippen LogP contribution in [0.1, 0.15) is 35.8 Å². The van der Waals surface area contributed by atoms with E-state index >= 15 is 0 Å². The summed E-state index contributed by atoms with van der Waals surface area (Å²) < 4.78 is 5.43. The zero-order valence-corrected chi connectivity index (χ0v) is 15.5. The van der Waals surface area contributed by atoms with Crippen LogP contribution in [-0.2, 0) is 5.60 Å². The Morgan fingerprint density at radius 3 is 2.11 bits per heavy atom. The van der Waals surface area contributed by atoms with Crippen LogP contribution in [0.3, 0.4) is 0 Å². The molecule has 5 heteroatoms. The number of hydrogen-bond acceptors (Lipinski definition) is 3. The van der Waals surface area contributed by atoms with Gasteiger partial charge >= 0.3 is 6.03 Å². The quantitative estimate of drug-likeness (QED) is 0.584. The molecule has 0 aliphatic heterocycles. The molecule has 0 unspecified atom stereocenters. The third-order valence-electron chi connectivity index (χ3n) is 5.26. The average molecular weight is 376 g/mol. The highest BCUT2D eigenvalue weighted by atomic mass is 16.4. The van der Waals surface area contributed by atoms with E-state index < -0.39 is 5.60 Å². The van der Waals surface area contributed by atoms with Gasteiger partial charge in [-0.3, -0.25) is 0 Å². The number of aliphatic hydroxyl groups is 1. The van der Waals surface area contributed by atoms with Gasteiger partial charge in [-0.2, -0.15) is 0 Å². The van der Waals surface area contributed by atoms with E-state index in [-0.39, 0.29) is 24.5 Å². The van der Waals surface area contributed by atoms with E-state index in [0.29, 0.717) is 5.76 Å². The van der Waals surface area contributed by atoms with Crippen molar-refractivity contribution < 1.29 is 14.3 Å². The molecule has 1 aromatic heterocycles. The van der Waals surface area contributed by atoms with Crippen molar-refractivity contribution in [2.24, 2.45) is 5.92 Å². The predicted molar refractivity (Wildman–Crippen MR) is 107 cm³/mol. The molecule has 0 radical (unpaired) electrons. The van der Waals surface area contributed by atoms with Crippen molar-refractivity contribution in [1.29, 1.82) is 0 Å². The first kappa shape index (κ1) is 18.3. The molecule has 1 aliphatic carbocycles. The molecule has 5 nitrogen and oxygen atoms in total. The first-order chi connectivity index (χ1) is 13.7. The molecule has 3 N–H and O–H groups in total. The number of carbonyl (C=O) groups excluding carboxylic acids is 1. The molecule has 0 spiro atoms. The fourth-order valence-electron chi connectivity index (χ4n) is 3.57. The topological polar surface area (TPSA) is 74.5 Å². The van der Waals surface area contributed by atoms with Crippen LogP contribution < -0.4 is 10.6 Å². The lowest BCUT2D eigenvalue weighted by Crippen LogP contribution is -2.46. The second kappa shape index (κ2) is 7.90. The number of furan rings is 1. The second-order valence-electron chi connectivity index (χ2n) is 7.26. The Labute approximate surface area is 164 Å². The fourth-order valence-corrected chi connectivity index (χ4v) is 3.57. The molecule has 1 saturated carbocycles. The van der Waals surface area contributed by atoms with Gasteiger partial charge in [-0.1, -0.05) is 60.7 Å². The lowest BCUT2D eigenvalue weighted by atomic mass is 9.94. The Hall–Kier alpha value is -3.05.